The molecule has 0 aliphatic carbocycles. The normalized spacial score (nSPS) is 18.8. The second-order valence-corrected chi connectivity index (χ2v) is 7.45. The van der Waals surface area contributed by atoms with E-state index in [9.17, 15) is 9.59 Å². The Morgan fingerprint density at radius 3 is 2.30 bits per heavy atom. The number of nitrogens with zero attached hydrogens (tertiary/aromatic N) is 4. The van der Waals surface area contributed by atoms with E-state index in [1.54, 1.807) is 6.92 Å². The van der Waals surface area contributed by atoms with Gasteiger partial charge < -0.3 is 14.7 Å². The number of rotatable bonds is 2. The number of carbonyl (C=O) groups is 2. The summed E-state index contributed by atoms with van der Waals surface area (Å²) in [6, 6.07) is 10.4. The zero-order valence-electron chi connectivity index (χ0n) is 15.8. The van der Waals surface area contributed by atoms with E-state index in [-0.39, 0.29) is 17.7 Å². The summed E-state index contributed by atoms with van der Waals surface area (Å²) in [6.45, 7) is 5.91. The van der Waals surface area contributed by atoms with E-state index in [4.69, 9.17) is 0 Å². The van der Waals surface area contributed by atoms with Crippen LogP contribution in [0.25, 0.3) is 10.8 Å². The predicted octanol–water partition coefficient (Wildman–Crippen LogP) is 2.14. The largest absolute Gasteiger partial charge is 0.356 e. The summed E-state index contributed by atoms with van der Waals surface area (Å²) in [4.78, 5) is 35.0. The van der Waals surface area contributed by atoms with Crippen LogP contribution in [0.4, 0.5) is 5.82 Å². The summed E-state index contributed by atoms with van der Waals surface area (Å²) in [5, 5.41) is 2.37. The predicted molar refractivity (Wildman–Crippen MR) is 106 cm³/mol. The van der Waals surface area contributed by atoms with Crippen molar-refractivity contribution in [2.75, 3.05) is 44.2 Å². The zero-order valence-corrected chi connectivity index (χ0v) is 15.8. The van der Waals surface area contributed by atoms with Crippen molar-refractivity contribution in [3.05, 3.63) is 36.5 Å². The molecule has 27 heavy (non-hydrogen) atoms. The fourth-order valence-corrected chi connectivity index (χ4v) is 4.19. The van der Waals surface area contributed by atoms with E-state index >= 15 is 0 Å². The first-order valence-corrected chi connectivity index (χ1v) is 9.76. The number of piperidine rings is 1. The van der Waals surface area contributed by atoms with E-state index in [1.165, 1.54) is 10.8 Å². The number of hydrogen-bond donors (Lipinski definition) is 0. The lowest BCUT2D eigenvalue weighted by atomic mass is 9.94. The van der Waals surface area contributed by atoms with Crippen LogP contribution in [-0.2, 0) is 9.59 Å². The summed E-state index contributed by atoms with van der Waals surface area (Å²) in [7, 11) is 0. The van der Waals surface area contributed by atoms with Crippen LogP contribution in [0, 0.1) is 5.92 Å². The number of amides is 2. The average Bonchev–Trinajstić information content (AvgIpc) is 2.73. The van der Waals surface area contributed by atoms with Gasteiger partial charge in [0.2, 0.25) is 11.8 Å². The lowest BCUT2D eigenvalue weighted by Crippen LogP contribution is -2.52. The molecule has 0 unspecified atom stereocenters. The molecule has 4 rings (SSSR count). The van der Waals surface area contributed by atoms with Gasteiger partial charge in [-0.3, -0.25) is 9.59 Å². The highest BCUT2D eigenvalue weighted by atomic mass is 16.2. The van der Waals surface area contributed by atoms with Gasteiger partial charge in [-0.15, -0.1) is 0 Å². The van der Waals surface area contributed by atoms with Gasteiger partial charge in [0.1, 0.15) is 5.82 Å². The molecular weight excluding hydrogens is 340 g/mol. The Balaban J connectivity index is 1.37. The molecule has 0 atom stereocenters. The Bertz CT molecular complexity index is 832. The van der Waals surface area contributed by atoms with Crippen LogP contribution in [0.15, 0.2) is 36.5 Å². The van der Waals surface area contributed by atoms with E-state index < -0.39 is 0 Å². The third-order valence-corrected chi connectivity index (χ3v) is 5.83. The van der Waals surface area contributed by atoms with Gasteiger partial charge in [0.15, 0.2) is 0 Å². The molecule has 0 spiro atoms. The molecule has 2 aromatic rings. The van der Waals surface area contributed by atoms with Crippen molar-refractivity contribution in [2.24, 2.45) is 5.92 Å². The quantitative estimate of drug-likeness (QED) is 0.817. The molecule has 1 aromatic carbocycles. The summed E-state index contributed by atoms with van der Waals surface area (Å²) in [5.41, 5.74) is 0. The average molecular weight is 366 g/mol. The Morgan fingerprint density at radius 2 is 1.59 bits per heavy atom. The van der Waals surface area contributed by atoms with Crippen LogP contribution in [-0.4, -0.2) is 65.9 Å². The molecule has 142 valence electrons. The first kappa shape index (κ1) is 17.8. The maximum atomic E-state index is 12.9. The smallest absolute Gasteiger partial charge is 0.225 e. The molecule has 6 heteroatoms. The van der Waals surface area contributed by atoms with Crippen molar-refractivity contribution in [2.45, 2.75) is 19.8 Å². The highest BCUT2D eigenvalue weighted by molar-refractivity contribution is 5.92. The number of benzene rings is 1. The number of piperazine rings is 1. The van der Waals surface area contributed by atoms with Crippen LogP contribution >= 0.6 is 0 Å². The minimum absolute atomic E-state index is 0.0834. The molecule has 2 fully saturated rings. The van der Waals surface area contributed by atoms with Crippen LogP contribution in [0.1, 0.15) is 19.8 Å². The summed E-state index contributed by atoms with van der Waals surface area (Å²) >= 11 is 0. The second-order valence-electron chi connectivity index (χ2n) is 7.45. The number of aromatic nitrogens is 1. The van der Waals surface area contributed by atoms with Crippen molar-refractivity contribution in [3.8, 4) is 0 Å². The van der Waals surface area contributed by atoms with Gasteiger partial charge in [-0.05, 0) is 24.3 Å². The lowest BCUT2D eigenvalue weighted by molar-refractivity contribution is -0.141. The van der Waals surface area contributed by atoms with Gasteiger partial charge in [-0.25, -0.2) is 4.98 Å². The third kappa shape index (κ3) is 3.61. The minimum Gasteiger partial charge on any atom is -0.356 e. The van der Waals surface area contributed by atoms with E-state index in [1.807, 2.05) is 34.2 Å². The SMILES string of the molecule is CC(=O)N1CCN(C(=O)C2CCN(c3nccc4ccccc34)CC2)CC1. The van der Waals surface area contributed by atoms with Crippen LogP contribution in [0.5, 0.6) is 0 Å². The van der Waals surface area contributed by atoms with Crippen molar-refractivity contribution in [1.29, 1.82) is 0 Å². The van der Waals surface area contributed by atoms with Gasteiger partial charge in [0.25, 0.3) is 0 Å². The molecule has 6 nitrogen and oxygen atoms in total. The van der Waals surface area contributed by atoms with Gasteiger partial charge in [0, 0.05) is 63.7 Å². The Morgan fingerprint density at radius 1 is 0.926 bits per heavy atom. The fourth-order valence-electron chi connectivity index (χ4n) is 4.19. The Hall–Kier alpha value is -2.63. The topological polar surface area (TPSA) is 56.8 Å². The number of hydrogen-bond acceptors (Lipinski definition) is 4. The van der Waals surface area contributed by atoms with Crippen molar-refractivity contribution in [3.63, 3.8) is 0 Å². The van der Waals surface area contributed by atoms with E-state index in [2.05, 4.69) is 22.0 Å². The van der Waals surface area contributed by atoms with Gasteiger partial charge in [0.05, 0.1) is 0 Å². The minimum atomic E-state index is 0.0834. The maximum Gasteiger partial charge on any atom is 0.225 e. The van der Waals surface area contributed by atoms with Gasteiger partial charge in [-0.1, -0.05) is 24.3 Å². The van der Waals surface area contributed by atoms with Crippen LogP contribution < -0.4 is 4.90 Å². The third-order valence-electron chi connectivity index (χ3n) is 5.83. The molecule has 2 saturated heterocycles. The highest BCUT2D eigenvalue weighted by Crippen LogP contribution is 2.29. The summed E-state index contributed by atoms with van der Waals surface area (Å²) < 4.78 is 0. The molecule has 0 saturated carbocycles. The first-order chi connectivity index (χ1) is 13.1. The number of carbonyl (C=O) groups excluding carboxylic acids is 2. The molecule has 3 heterocycles. The zero-order chi connectivity index (χ0) is 18.8. The molecular formula is C21H26N4O2. The molecule has 0 N–H and O–H groups in total. The number of anilines is 1. The monoisotopic (exact) mass is 366 g/mol. The van der Waals surface area contributed by atoms with E-state index in [0.29, 0.717) is 26.2 Å². The first-order valence-electron chi connectivity index (χ1n) is 9.76. The van der Waals surface area contributed by atoms with Crippen molar-refractivity contribution < 1.29 is 9.59 Å². The molecule has 2 aliphatic rings. The second kappa shape index (κ2) is 7.55. The van der Waals surface area contributed by atoms with Gasteiger partial charge >= 0.3 is 0 Å². The van der Waals surface area contributed by atoms with Gasteiger partial charge in [-0.2, -0.15) is 0 Å². The van der Waals surface area contributed by atoms with Crippen molar-refractivity contribution in [1.82, 2.24) is 14.8 Å². The van der Waals surface area contributed by atoms with E-state index in [0.717, 1.165) is 31.7 Å². The summed E-state index contributed by atoms with van der Waals surface area (Å²) in [5.74, 6) is 1.45. The molecule has 0 radical (unpaired) electrons. The van der Waals surface area contributed by atoms with Crippen LogP contribution in [0.2, 0.25) is 0 Å². The molecule has 0 bridgehead atoms. The maximum absolute atomic E-state index is 12.9. The number of fused-ring (bicyclic) bond motifs is 1. The van der Waals surface area contributed by atoms with Crippen molar-refractivity contribution >= 4 is 28.4 Å². The fraction of sp³-hybridized carbons (Fsp3) is 0.476. The molecule has 2 amide bonds. The van der Waals surface area contributed by atoms with Crippen LogP contribution in [0.3, 0.4) is 0 Å². The Kier molecular flexibility index (Phi) is 4.97. The molecule has 2 aliphatic heterocycles. The Labute approximate surface area is 159 Å². The molecule has 1 aromatic heterocycles. The number of pyridine rings is 1. The highest BCUT2D eigenvalue weighted by Gasteiger charge is 2.31. The standard InChI is InChI=1S/C21H26N4O2/c1-16(26)23-12-14-25(15-13-23)21(27)18-7-10-24(11-8-18)20-19-5-3-2-4-17(19)6-9-22-20/h2-6,9,18H,7-8,10-15H2,1H3. The summed E-state index contributed by atoms with van der Waals surface area (Å²) in [6.07, 6.45) is 3.58. The lowest BCUT2D eigenvalue weighted by Gasteiger charge is -2.38.